The Bertz CT molecular complexity index is 653. The molecule has 0 aliphatic rings. The molecule has 0 aliphatic carbocycles. The quantitative estimate of drug-likeness (QED) is 0.888. The number of nitrogens with two attached hydrogens (primary N) is 1. The first-order chi connectivity index (χ1) is 10.1. The molecule has 21 heavy (non-hydrogen) atoms. The normalized spacial score (nSPS) is 11.9. The highest BCUT2D eigenvalue weighted by Crippen LogP contribution is 2.29. The van der Waals surface area contributed by atoms with Crippen LogP contribution >= 0.6 is 0 Å². The number of para-hydroxylation sites is 1. The van der Waals surface area contributed by atoms with E-state index in [0.717, 1.165) is 22.4 Å². The highest BCUT2D eigenvalue weighted by atomic mass is 32.2. The van der Waals surface area contributed by atoms with Crippen molar-refractivity contribution in [1.29, 1.82) is 0 Å². The van der Waals surface area contributed by atoms with Crippen LogP contribution in [0.2, 0.25) is 0 Å². The van der Waals surface area contributed by atoms with Gasteiger partial charge in [0.15, 0.2) is 0 Å². The number of methoxy groups -OCH3 is 1. The fraction of sp³-hybridized carbons (Fsp3) is 0.188. The molecule has 0 radical (unpaired) electrons. The van der Waals surface area contributed by atoms with E-state index in [1.54, 1.807) is 7.11 Å². The van der Waals surface area contributed by atoms with E-state index in [4.69, 9.17) is 10.5 Å². The zero-order valence-electron chi connectivity index (χ0n) is 11.7. The van der Waals surface area contributed by atoms with Crippen LogP contribution < -0.4 is 10.5 Å². The number of amides is 1. The summed E-state index contributed by atoms with van der Waals surface area (Å²) in [4.78, 5) is 10.7. The van der Waals surface area contributed by atoms with Crippen molar-refractivity contribution in [3.05, 3.63) is 54.1 Å². The maximum absolute atomic E-state index is 11.7. The minimum absolute atomic E-state index is 0.103. The molecule has 2 aromatic carbocycles. The number of rotatable bonds is 6. The maximum atomic E-state index is 11.7. The van der Waals surface area contributed by atoms with Crippen molar-refractivity contribution in [3.8, 4) is 16.9 Å². The highest BCUT2D eigenvalue weighted by Gasteiger charge is 2.07. The van der Waals surface area contributed by atoms with Crippen molar-refractivity contribution in [2.24, 2.45) is 5.73 Å². The monoisotopic (exact) mass is 303 g/mol. The van der Waals surface area contributed by atoms with Crippen LogP contribution in [0, 0.1) is 0 Å². The van der Waals surface area contributed by atoms with Crippen LogP contribution in [0.4, 0.5) is 0 Å². The Morgan fingerprint density at radius 2 is 1.81 bits per heavy atom. The van der Waals surface area contributed by atoms with Crippen molar-refractivity contribution < 1.29 is 13.7 Å². The Balaban J connectivity index is 2.15. The standard InChI is InChI=1S/C16H17NO3S/c1-20-15-5-3-2-4-14(15)13-8-6-12(7-9-13)10-21(19)11-16(17)18/h2-9H,10-11H2,1H3,(H2,17,18)/t21-/m0/s1. The Labute approximate surface area is 126 Å². The fourth-order valence-corrected chi connectivity index (χ4v) is 3.04. The maximum Gasteiger partial charge on any atom is 0.230 e. The third-order valence-electron chi connectivity index (χ3n) is 3.00. The zero-order valence-corrected chi connectivity index (χ0v) is 12.6. The van der Waals surface area contributed by atoms with Gasteiger partial charge in [0.2, 0.25) is 5.91 Å². The number of hydrogen-bond acceptors (Lipinski definition) is 3. The molecule has 1 atom stereocenters. The van der Waals surface area contributed by atoms with E-state index >= 15 is 0 Å². The van der Waals surface area contributed by atoms with Crippen molar-refractivity contribution in [2.45, 2.75) is 5.75 Å². The van der Waals surface area contributed by atoms with Gasteiger partial charge in [-0.15, -0.1) is 0 Å². The third-order valence-corrected chi connectivity index (χ3v) is 4.26. The van der Waals surface area contributed by atoms with Crippen LogP contribution in [0.3, 0.4) is 0 Å². The second kappa shape index (κ2) is 7.04. The van der Waals surface area contributed by atoms with Crippen LogP contribution in [-0.2, 0) is 21.3 Å². The molecule has 2 rings (SSSR count). The van der Waals surface area contributed by atoms with Crippen molar-refractivity contribution in [2.75, 3.05) is 12.9 Å². The molecule has 2 N–H and O–H groups in total. The van der Waals surface area contributed by atoms with Crippen LogP contribution in [0.25, 0.3) is 11.1 Å². The summed E-state index contributed by atoms with van der Waals surface area (Å²) in [5, 5.41) is 0. The van der Waals surface area contributed by atoms with Crippen LogP contribution in [-0.4, -0.2) is 23.0 Å². The van der Waals surface area contributed by atoms with Gasteiger partial charge < -0.3 is 10.5 Å². The summed E-state index contributed by atoms with van der Waals surface area (Å²) >= 11 is 0. The molecule has 0 saturated carbocycles. The van der Waals surface area contributed by atoms with Gasteiger partial charge in [0.05, 0.1) is 7.11 Å². The van der Waals surface area contributed by atoms with Gasteiger partial charge in [-0.2, -0.15) is 0 Å². The van der Waals surface area contributed by atoms with Gasteiger partial charge in [-0.3, -0.25) is 9.00 Å². The molecule has 0 fully saturated rings. The Morgan fingerprint density at radius 3 is 2.43 bits per heavy atom. The summed E-state index contributed by atoms with van der Waals surface area (Å²) in [5.74, 6) is 0.491. The minimum atomic E-state index is -1.26. The molecular formula is C16H17NO3S. The van der Waals surface area contributed by atoms with Gasteiger partial charge >= 0.3 is 0 Å². The first kappa shape index (κ1) is 15.3. The fourth-order valence-electron chi connectivity index (χ4n) is 2.06. The predicted molar refractivity (Wildman–Crippen MR) is 84.3 cm³/mol. The Hall–Kier alpha value is -2.14. The lowest BCUT2D eigenvalue weighted by Crippen LogP contribution is -2.20. The van der Waals surface area contributed by atoms with Gasteiger partial charge in [-0.25, -0.2) is 0 Å². The van der Waals surface area contributed by atoms with E-state index in [2.05, 4.69) is 0 Å². The first-order valence-corrected chi connectivity index (χ1v) is 7.94. The minimum Gasteiger partial charge on any atom is -0.496 e. The predicted octanol–water partition coefficient (Wildman–Crippen LogP) is 2.10. The molecule has 1 amide bonds. The molecule has 0 heterocycles. The number of ether oxygens (including phenoxy) is 1. The molecular weight excluding hydrogens is 286 g/mol. The molecule has 4 nitrogen and oxygen atoms in total. The largest absolute Gasteiger partial charge is 0.496 e. The molecule has 0 unspecified atom stereocenters. The van der Waals surface area contributed by atoms with Crippen molar-refractivity contribution in [1.82, 2.24) is 0 Å². The molecule has 0 saturated heterocycles. The lowest BCUT2D eigenvalue weighted by atomic mass is 10.0. The molecule has 110 valence electrons. The van der Waals surface area contributed by atoms with Crippen LogP contribution in [0.15, 0.2) is 48.5 Å². The summed E-state index contributed by atoms with van der Waals surface area (Å²) < 4.78 is 17.0. The second-order valence-electron chi connectivity index (χ2n) is 4.59. The summed E-state index contributed by atoms with van der Waals surface area (Å²) in [6.45, 7) is 0. The van der Waals surface area contributed by atoms with Crippen LogP contribution in [0.1, 0.15) is 5.56 Å². The number of carbonyl (C=O) groups is 1. The van der Waals surface area contributed by atoms with E-state index in [1.807, 2.05) is 48.5 Å². The Morgan fingerprint density at radius 1 is 1.14 bits per heavy atom. The summed E-state index contributed by atoms with van der Waals surface area (Å²) in [5.41, 5.74) is 7.97. The third kappa shape index (κ3) is 4.16. The van der Waals surface area contributed by atoms with Gasteiger partial charge in [-0.1, -0.05) is 42.5 Å². The van der Waals surface area contributed by atoms with E-state index in [0.29, 0.717) is 5.75 Å². The number of primary amides is 1. The first-order valence-electron chi connectivity index (χ1n) is 6.46. The lowest BCUT2D eigenvalue weighted by molar-refractivity contribution is -0.115. The average molecular weight is 303 g/mol. The van der Waals surface area contributed by atoms with Gasteiger partial charge in [-0.05, 0) is 17.2 Å². The lowest BCUT2D eigenvalue weighted by Gasteiger charge is -2.09. The second-order valence-corrected chi connectivity index (χ2v) is 6.05. The summed E-state index contributed by atoms with van der Waals surface area (Å²) in [6.07, 6.45) is 0. The molecule has 0 bridgehead atoms. The molecule has 0 aliphatic heterocycles. The van der Waals surface area contributed by atoms with E-state index in [9.17, 15) is 9.00 Å². The highest BCUT2D eigenvalue weighted by molar-refractivity contribution is 7.84. The topological polar surface area (TPSA) is 69.4 Å². The molecule has 0 aromatic heterocycles. The van der Waals surface area contributed by atoms with E-state index < -0.39 is 16.7 Å². The number of benzene rings is 2. The average Bonchev–Trinajstić information content (AvgIpc) is 2.47. The smallest absolute Gasteiger partial charge is 0.230 e. The Kier molecular flexibility index (Phi) is 5.11. The SMILES string of the molecule is COc1ccccc1-c1ccc(C[S@](=O)CC(N)=O)cc1. The van der Waals surface area contributed by atoms with E-state index in [-0.39, 0.29) is 5.75 Å². The van der Waals surface area contributed by atoms with Gasteiger partial charge in [0, 0.05) is 22.1 Å². The zero-order chi connectivity index (χ0) is 15.2. The molecule has 5 heteroatoms. The molecule has 2 aromatic rings. The van der Waals surface area contributed by atoms with Crippen molar-refractivity contribution >= 4 is 16.7 Å². The van der Waals surface area contributed by atoms with Gasteiger partial charge in [0.1, 0.15) is 11.5 Å². The summed E-state index contributed by atoms with van der Waals surface area (Å²) in [6, 6.07) is 15.5. The molecule has 0 spiro atoms. The summed E-state index contributed by atoms with van der Waals surface area (Å²) in [7, 11) is 0.382. The number of hydrogen-bond donors (Lipinski definition) is 1. The van der Waals surface area contributed by atoms with Crippen molar-refractivity contribution in [3.63, 3.8) is 0 Å². The van der Waals surface area contributed by atoms with Crippen LogP contribution in [0.5, 0.6) is 5.75 Å². The van der Waals surface area contributed by atoms with Gasteiger partial charge in [0.25, 0.3) is 0 Å². The van der Waals surface area contributed by atoms with E-state index in [1.165, 1.54) is 0 Å². The number of carbonyl (C=O) groups excluding carboxylic acids is 1.